The van der Waals surface area contributed by atoms with E-state index < -0.39 is 40.8 Å². The summed E-state index contributed by atoms with van der Waals surface area (Å²) in [4.78, 5) is 25.8. The van der Waals surface area contributed by atoms with E-state index >= 15 is 0 Å². The van der Waals surface area contributed by atoms with E-state index in [9.17, 15) is 14.7 Å². The van der Waals surface area contributed by atoms with Crippen LogP contribution in [0.3, 0.4) is 0 Å². The second-order valence-corrected chi connectivity index (χ2v) is 7.86. The molecule has 0 saturated carbocycles. The first-order valence-electron chi connectivity index (χ1n) is 8.59. The van der Waals surface area contributed by atoms with E-state index in [1.807, 2.05) is 0 Å². The Morgan fingerprint density at radius 2 is 1.72 bits per heavy atom. The molecule has 5 atom stereocenters. The highest BCUT2D eigenvalue weighted by molar-refractivity contribution is 6.01. The molecule has 9 nitrogen and oxygen atoms in total. The van der Waals surface area contributed by atoms with Crippen LogP contribution in [0.25, 0.3) is 0 Å². The summed E-state index contributed by atoms with van der Waals surface area (Å²) in [6.45, 7) is 5.71. The molecule has 1 spiro atoms. The van der Waals surface area contributed by atoms with Crippen molar-refractivity contribution in [2.75, 3.05) is 19.8 Å². The lowest BCUT2D eigenvalue weighted by Gasteiger charge is -2.51. The number of hydrogen-bond donors (Lipinski definition) is 3. The highest BCUT2D eigenvalue weighted by Crippen LogP contribution is 2.43. The van der Waals surface area contributed by atoms with Gasteiger partial charge in [0.15, 0.2) is 5.79 Å². The number of amides is 2. The average Bonchev–Trinajstić information content (AvgIpc) is 3.03. The second kappa shape index (κ2) is 5.14. The topological polar surface area (TPSA) is 115 Å². The molecule has 0 aromatic heterocycles. The Hall–Kier alpha value is -1.26. The highest BCUT2D eigenvalue weighted by Gasteiger charge is 2.68. The number of hydrogen-bond acceptors (Lipinski definition) is 7. The fraction of sp³-hybridized carbons (Fsp3) is 0.875. The smallest absolute Gasteiger partial charge is 0.278 e. The zero-order valence-electron chi connectivity index (χ0n) is 14.6. The Balaban J connectivity index is 1.69. The summed E-state index contributed by atoms with van der Waals surface area (Å²) in [6.07, 6.45) is -0.266. The Morgan fingerprint density at radius 1 is 1.04 bits per heavy atom. The zero-order chi connectivity index (χ0) is 18.1. The molecule has 3 N–H and O–H groups in total. The summed E-state index contributed by atoms with van der Waals surface area (Å²) in [6, 6.07) is 0. The van der Waals surface area contributed by atoms with E-state index in [2.05, 4.69) is 10.6 Å². The fourth-order valence-corrected chi connectivity index (χ4v) is 4.29. The molecule has 5 aliphatic rings. The molecular formula is C16H24N2O7. The van der Waals surface area contributed by atoms with E-state index in [4.69, 9.17) is 18.9 Å². The lowest BCUT2D eigenvalue weighted by Crippen LogP contribution is -2.83. The number of carbonyl (C=O) groups is 2. The maximum Gasteiger partial charge on any atom is 0.278 e. The Labute approximate surface area is 145 Å². The first-order chi connectivity index (χ1) is 11.6. The Bertz CT molecular complexity index is 626. The van der Waals surface area contributed by atoms with Crippen molar-refractivity contribution in [2.45, 2.75) is 62.6 Å². The van der Waals surface area contributed by atoms with Crippen molar-refractivity contribution in [3.8, 4) is 0 Å². The van der Waals surface area contributed by atoms with Crippen LogP contribution in [0.1, 0.15) is 33.6 Å². The second-order valence-electron chi connectivity index (χ2n) is 7.86. The molecule has 0 radical (unpaired) electrons. The number of fused-ring (bicyclic) bond motifs is 4. The van der Waals surface area contributed by atoms with Gasteiger partial charge in [0.05, 0.1) is 19.8 Å². The van der Waals surface area contributed by atoms with Gasteiger partial charge in [-0.25, -0.2) is 0 Å². The molecule has 5 heterocycles. The van der Waals surface area contributed by atoms with Crippen LogP contribution >= 0.6 is 0 Å². The van der Waals surface area contributed by atoms with E-state index in [1.54, 1.807) is 20.8 Å². The minimum absolute atomic E-state index is 0.0553. The van der Waals surface area contributed by atoms with Crippen LogP contribution in [-0.4, -0.2) is 65.7 Å². The van der Waals surface area contributed by atoms with Gasteiger partial charge in [0.1, 0.15) is 11.7 Å². The number of piperazine rings is 1. The highest BCUT2D eigenvalue weighted by atomic mass is 16.8. The fourth-order valence-electron chi connectivity index (χ4n) is 4.29. The number of ether oxygens (including phenoxy) is 4. The maximum atomic E-state index is 12.9. The van der Waals surface area contributed by atoms with E-state index in [0.29, 0.717) is 19.4 Å². The maximum absolute atomic E-state index is 12.9. The molecular weight excluding hydrogens is 332 g/mol. The van der Waals surface area contributed by atoms with Crippen LogP contribution in [0, 0.1) is 5.92 Å². The summed E-state index contributed by atoms with van der Waals surface area (Å²) in [5.41, 5.74) is -4.55. The van der Waals surface area contributed by atoms with Crippen LogP contribution < -0.4 is 10.6 Å². The zero-order valence-corrected chi connectivity index (χ0v) is 14.6. The minimum Gasteiger partial charge on any atom is -0.384 e. The first kappa shape index (κ1) is 17.2. The molecule has 9 heteroatoms. The molecule has 5 saturated heterocycles. The Kier molecular flexibility index (Phi) is 3.53. The van der Waals surface area contributed by atoms with Gasteiger partial charge in [0.2, 0.25) is 5.72 Å². The minimum atomic E-state index is -1.95. The quantitative estimate of drug-likeness (QED) is 0.580. The van der Waals surface area contributed by atoms with Crippen molar-refractivity contribution in [2.24, 2.45) is 5.92 Å². The van der Waals surface area contributed by atoms with Crippen molar-refractivity contribution in [3.63, 3.8) is 0 Å². The number of aliphatic hydroxyl groups excluding tert-OH is 1. The van der Waals surface area contributed by atoms with Gasteiger partial charge < -0.3 is 34.7 Å². The standard InChI is InChI=1S/C16H24N2O7/c1-13(2)24-8-14(3,25-13)10(19)16-12(21)17-15(11(20)18-16)9(4-6-22-15)5-7-23-16/h9-10,19H,4-8H2,1-3H3,(H,17,21)(H,18,20)/t9-,10+,14+,15-,16+/m1/s1. The van der Waals surface area contributed by atoms with Crippen LogP contribution in [0.2, 0.25) is 0 Å². The van der Waals surface area contributed by atoms with Gasteiger partial charge in [-0.05, 0) is 33.6 Å². The lowest BCUT2D eigenvalue weighted by molar-refractivity contribution is -0.246. The molecule has 5 aliphatic heterocycles. The van der Waals surface area contributed by atoms with Crippen molar-refractivity contribution in [1.29, 1.82) is 0 Å². The van der Waals surface area contributed by atoms with E-state index in [1.165, 1.54) is 0 Å². The third-order valence-electron chi connectivity index (χ3n) is 5.59. The largest absolute Gasteiger partial charge is 0.384 e. The van der Waals surface area contributed by atoms with Crippen LogP contribution in [0.4, 0.5) is 0 Å². The van der Waals surface area contributed by atoms with Crippen LogP contribution in [0.5, 0.6) is 0 Å². The number of rotatable bonds is 2. The summed E-state index contributed by atoms with van der Waals surface area (Å²) in [5.74, 6) is -2.22. The van der Waals surface area contributed by atoms with Gasteiger partial charge in [0, 0.05) is 5.92 Å². The van der Waals surface area contributed by atoms with Gasteiger partial charge in [-0.3, -0.25) is 9.59 Å². The van der Waals surface area contributed by atoms with Crippen molar-refractivity contribution in [3.05, 3.63) is 0 Å². The normalized spacial score (nSPS) is 46.8. The monoisotopic (exact) mass is 356 g/mol. The molecule has 5 fully saturated rings. The van der Waals surface area contributed by atoms with E-state index in [-0.39, 0.29) is 19.1 Å². The predicted octanol–water partition coefficient (Wildman–Crippen LogP) is -1.02. The van der Waals surface area contributed by atoms with Gasteiger partial charge >= 0.3 is 0 Å². The number of aliphatic hydroxyl groups is 1. The molecule has 140 valence electrons. The van der Waals surface area contributed by atoms with Crippen LogP contribution in [-0.2, 0) is 28.5 Å². The molecule has 2 bridgehead atoms. The molecule has 0 aliphatic carbocycles. The molecule has 5 rings (SSSR count). The molecule has 25 heavy (non-hydrogen) atoms. The van der Waals surface area contributed by atoms with Gasteiger partial charge in [0.25, 0.3) is 17.5 Å². The molecule has 0 unspecified atom stereocenters. The summed E-state index contributed by atoms with van der Waals surface area (Å²) in [7, 11) is 0. The molecule has 2 amide bonds. The first-order valence-corrected chi connectivity index (χ1v) is 8.59. The third kappa shape index (κ3) is 2.26. The van der Waals surface area contributed by atoms with Crippen molar-refractivity contribution < 1.29 is 33.6 Å². The van der Waals surface area contributed by atoms with Gasteiger partial charge in [-0.15, -0.1) is 0 Å². The summed E-state index contributed by atoms with van der Waals surface area (Å²) < 4.78 is 22.8. The lowest BCUT2D eigenvalue weighted by atomic mass is 9.82. The predicted molar refractivity (Wildman–Crippen MR) is 81.9 cm³/mol. The van der Waals surface area contributed by atoms with Gasteiger partial charge in [-0.1, -0.05) is 0 Å². The van der Waals surface area contributed by atoms with E-state index in [0.717, 1.165) is 0 Å². The third-order valence-corrected chi connectivity index (χ3v) is 5.59. The number of nitrogens with one attached hydrogen (secondary N) is 2. The Morgan fingerprint density at radius 3 is 2.36 bits per heavy atom. The molecule has 0 aromatic carbocycles. The molecule has 0 aromatic rings. The van der Waals surface area contributed by atoms with Crippen molar-refractivity contribution in [1.82, 2.24) is 10.6 Å². The average molecular weight is 356 g/mol. The van der Waals surface area contributed by atoms with Crippen molar-refractivity contribution >= 4 is 11.8 Å². The van der Waals surface area contributed by atoms with Crippen LogP contribution in [0.15, 0.2) is 0 Å². The summed E-state index contributed by atoms with van der Waals surface area (Å²) >= 11 is 0. The number of carbonyl (C=O) groups excluding carboxylic acids is 2. The summed E-state index contributed by atoms with van der Waals surface area (Å²) in [5, 5.41) is 16.3. The SMILES string of the molecule is CC1(C)OC[C@@](C)([C@H](O)[C@@]23NC(=O)[C@]4(NC2=O)OCC[C@@H]4CCO3)O1. The van der Waals surface area contributed by atoms with Gasteiger partial charge in [-0.2, -0.15) is 0 Å².